The minimum Gasteiger partial charge on any atom is -0.317 e. The Bertz CT molecular complexity index is 399. The molecule has 0 radical (unpaired) electrons. The summed E-state index contributed by atoms with van der Waals surface area (Å²) < 4.78 is 2.10. The molecule has 0 bridgehead atoms. The fraction of sp³-hybridized carbons (Fsp3) is 0.857. The lowest BCUT2D eigenvalue weighted by atomic mass is 10.0. The lowest BCUT2D eigenvalue weighted by Crippen LogP contribution is -2.46. The van der Waals surface area contributed by atoms with Crippen molar-refractivity contribution in [2.24, 2.45) is 7.05 Å². The standard InChI is InChI=1S/C14H27N5/c1-11(2)15-9-13-7-5-6-8-19(13)10-14-17-16-12(3)18(14)4/h11,13,15H,5-10H2,1-4H3. The number of piperidine rings is 1. The average Bonchev–Trinajstić information content (AvgIpc) is 2.70. The number of rotatable bonds is 5. The van der Waals surface area contributed by atoms with Crippen molar-refractivity contribution in [3.05, 3.63) is 11.6 Å². The third-order valence-corrected chi connectivity index (χ3v) is 4.04. The van der Waals surface area contributed by atoms with Gasteiger partial charge in [-0.1, -0.05) is 20.3 Å². The fourth-order valence-corrected chi connectivity index (χ4v) is 2.64. The highest BCUT2D eigenvalue weighted by atomic mass is 15.3. The van der Waals surface area contributed by atoms with Gasteiger partial charge in [0.15, 0.2) is 0 Å². The van der Waals surface area contributed by atoms with Crippen LogP contribution in [0, 0.1) is 6.92 Å². The highest BCUT2D eigenvalue weighted by molar-refractivity contribution is 4.94. The molecule has 5 nitrogen and oxygen atoms in total. The second kappa shape index (κ2) is 6.48. The molecule has 19 heavy (non-hydrogen) atoms. The van der Waals surface area contributed by atoms with Gasteiger partial charge >= 0.3 is 0 Å². The van der Waals surface area contributed by atoms with E-state index in [0.717, 1.165) is 24.7 Å². The van der Waals surface area contributed by atoms with Gasteiger partial charge in [-0.3, -0.25) is 4.90 Å². The minimum absolute atomic E-state index is 0.556. The van der Waals surface area contributed by atoms with Gasteiger partial charge in [-0.2, -0.15) is 0 Å². The van der Waals surface area contributed by atoms with Crippen LogP contribution in [0.4, 0.5) is 0 Å². The molecule has 2 rings (SSSR count). The lowest BCUT2D eigenvalue weighted by molar-refractivity contribution is 0.131. The number of aryl methyl sites for hydroxylation is 1. The highest BCUT2D eigenvalue weighted by Crippen LogP contribution is 2.18. The maximum atomic E-state index is 4.29. The third kappa shape index (κ3) is 3.76. The number of hydrogen-bond donors (Lipinski definition) is 1. The van der Waals surface area contributed by atoms with Crippen LogP contribution < -0.4 is 5.32 Å². The van der Waals surface area contributed by atoms with Gasteiger partial charge in [0.05, 0.1) is 6.54 Å². The van der Waals surface area contributed by atoms with Crippen molar-refractivity contribution < 1.29 is 0 Å². The summed E-state index contributed by atoms with van der Waals surface area (Å²) in [6.45, 7) is 9.59. The molecular formula is C14H27N5. The maximum Gasteiger partial charge on any atom is 0.146 e. The van der Waals surface area contributed by atoms with E-state index >= 15 is 0 Å². The van der Waals surface area contributed by atoms with Crippen LogP contribution in [0.1, 0.15) is 44.8 Å². The summed E-state index contributed by atoms with van der Waals surface area (Å²) >= 11 is 0. The van der Waals surface area contributed by atoms with Crippen molar-refractivity contribution in [2.75, 3.05) is 13.1 Å². The Morgan fingerprint density at radius 1 is 1.32 bits per heavy atom. The first kappa shape index (κ1) is 14.5. The van der Waals surface area contributed by atoms with Crippen molar-refractivity contribution in [1.29, 1.82) is 0 Å². The van der Waals surface area contributed by atoms with Gasteiger partial charge in [0.2, 0.25) is 0 Å². The van der Waals surface area contributed by atoms with E-state index in [-0.39, 0.29) is 0 Å². The van der Waals surface area contributed by atoms with Crippen LogP contribution in [-0.4, -0.2) is 44.8 Å². The first-order valence-corrected chi connectivity index (χ1v) is 7.40. The predicted octanol–water partition coefficient (Wildman–Crippen LogP) is 1.48. The summed E-state index contributed by atoms with van der Waals surface area (Å²) in [5.41, 5.74) is 0. The molecule has 1 N–H and O–H groups in total. The van der Waals surface area contributed by atoms with Gasteiger partial charge < -0.3 is 9.88 Å². The second-order valence-electron chi connectivity index (χ2n) is 5.91. The molecule has 1 fully saturated rings. The summed E-state index contributed by atoms with van der Waals surface area (Å²) in [5.74, 6) is 2.07. The fourth-order valence-electron chi connectivity index (χ4n) is 2.64. The van der Waals surface area contributed by atoms with Crippen molar-refractivity contribution in [3.8, 4) is 0 Å². The van der Waals surface area contributed by atoms with E-state index in [2.05, 4.69) is 45.9 Å². The van der Waals surface area contributed by atoms with Crippen LogP contribution in [0.5, 0.6) is 0 Å². The topological polar surface area (TPSA) is 46.0 Å². The van der Waals surface area contributed by atoms with Crippen LogP contribution in [0.25, 0.3) is 0 Å². The molecule has 1 unspecified atom stereocenters. The molecule has 2 heterocycles. The quantitative estimate of drug-likeness (QED) is 0.876. The van der Waals surface area contributed by atoms with Gasteiger partial charge in [0, 0.05) is 25.7 Å². The number of hydrogen-bond acceptors (Lipinski definition) is 4. The lowest BCUT2D eigenvalue weighted by Gasteiger charge is -2.35. The van der Waals surface area contributed by atoms with Gasteiger partial charge in [-0.25, -0.2) is 0 Å². The molecule has 108 valence electrons. The number of nitrogens with zero attached hydrogens (tertiary/aromatic N) is 4. The molecule has 5 heteroatoms. The normalized spacial score (nSPS) is 21.2. The smallest absolute Gasteiger partial charge is 0.146 e. The predicted molar refractivity (Wildman–Crippen MR) is 76.9 cm³/mol. The summed E-state index contributed by atoms with van der Waals surface area (Å²) in [7, 11) is 2.05. The zero-order valence-electron chi connectivity index (χ0n) is 12.7. The monoisotopic (exact) mass is 265 g/mol. The summed E-state index contributed by atoms with van der Waals surface area (Å²) in [6, 6.07) is 1.19. The maximum absolute atomic E-state index is 4.29. The molecule has 0 spiro atoms. The van der Waals surface area contributed by atoms with Gasteiger partial charge in [-0.15, -0.1) is 10.2 Å². The molecular weight excluding hydrogens is 238 g/mol. The highest BCUT2D eigenvalue weighted by Gasteiger charge is 2.23. The van der Waals surface area contributed by atoms with E-state index in [9.17, 15) is 0 Å². The third-order valence-electron chi connectivity index (χ3n) is 4.04. The Labute approximate surface area is 116 Å². The van der Waals surface area contributed by atoms with E-state index in [4.69, 9.17) is 0 Å². The van der Waals surface area contributed by atoms with Crippen LogP contribution in [0.3, 0.4) is 0 Å². The second-order valence-corrected chi connectivity index (χ2v) is 5.91. The molecule has 1 aromatic heterocycles. The van der Waals surface area contributed by atoms with Crippen molar-refractivity contribution >= 4 is 0 Å². The molecule has 1 aliphatic heterocycles. The van der Waals surface area contributed by atoms with Crippen molar-refractivity contribution in [1.82, 2.24) is 25.0 Å². The van der Waals surface area contributed by atoms with Crippen LogP contribution in [-0.2, 0) is 13.6 Å². The van der Waals surface area contributed by atoms with Crippen LogP contribution >= 0.6 is 0 Å². The molecule has 0 saturated carbocycles. The summed E-state index contributed by atoms with van der Waals surface area (Å²) in [6.07, 6.45) is 3.93. The Hall–Kier alpha value is -0.940. The van der Waals surface area contributed by atoms with E-state index in [1.54, 1.807) is 0 Å². The van der Waals surface area contributed by atoms with Gasteiger partial charge in [-0.05, 0) is 26.3 Å². The Morgan fingerprint density at radius 3 is 2.74 bits per heavy atom. The molecule has 1 atom stereocenters. The minimum atomic E-state index is 0.556. The van der Waals surface area contributed by atoms with E-state index in [1.165, 1.54) is 25.8 Å². The molecule has 0 aromatic carbocycles. The Balaban J connectivity index is 1.97. The molecule has 1 saturated heterocycles. The van der Waals surface area contributed by atoms with E-state index in [0.29, 0.717) is 12.1 Å². The van der Waals surface area contributed by atoms with E-state index in [1.807, 2.05) is 6.92 Å². The number of aromatic nitrogens is 3. The first-order valence-electron chi connectivity index (χ1n) is 7.40. The first-order chi connectivity index (χ1) is 9.08. The van der Waals surface area contributed by atoms with Crippen molar-refractivity contribution in [3.63, 3.8) is 0 Å². The van der Waals surface area contributed by atoms with Crippen molar-refractivity contribution in [2.45, 2.75) is 58.7 Å². The number of nitrogens with one attached hydrogen (secondary N) is 1. The summed E-state index contributed by atoms with van der Waals surface area (Å²) in [4.78, 5) is 2.56. The average molecular weight is 265 g/mol. The van der Waals surface area contributed by atoms with Gasteiger partial charge in [0.25, 0.3) is 0 Å². The van der Waals surface area contributed by atoms with E-state index < -0.39 is 0 Å². The molecule has 1 aliphatic rings. The Morgan fingerprint density at radius 2 is 2.11 bits per heavy atom. The van der Waals surface area contributed by atoms with Crippen LogP contribution in [0.15, 0.2) is 0 Å². The summed E-state index contributed by atoms with van der Waals surface area (Å²) in [5, 5.41) is 12.0. The Kier molecular flexibility index (Phi) is 4.93. The molecule has 1 aromatic rings. The van der Waals surface area contributed by atoms with Crippen LogP contribution in [0.2, 0.25) is 0 Å². The SMILES string of the molecule is Cc1nnc(CN2CCCCC2CNC(C)C)n1C. The molecule has 0 aliphatic carbocycles. The zero-order chi connectivity index (χ0) is 13.8. The molecule has 0 amide bonds. The number of likely N-dealkylation sites (tertiary alicyclic amines) is 1. The van der Waals surface area contributed by atoms with Gasteiger partial charge in [0.1, 0.15) is 11.6 Å². The zero-order valence-corrected chi connectivity index (χ0v) is 12.7. The largest absolute Gasteiger partial charge is 0.317 e.